The summed E-state index contributed by atoms with van der Waals surface area (Å²) in [6.45, 7) is 0.234. The highest BCUT2D eigenvalue weighted by molar-refractivity contribution is 7.92. The Hall–Kier alpha value is -2.98. The number of nitrogens with one attached hydrogen (secondary N) is 3. The van der Waals surface area contributed by atoms with Crippen LogP contribution in [0.25, 0.3) is 0 Å². The quantitative estimate of drug-likeness (QED) is 0.500. The van der Waals surface area contributed by atoms with Crippen molar-refractivity contribution < 1.29 is 13.2 Å². The number of amides is 1. The van der Waals surface area contributed by atoms with E-state index in [4.69, 9.17) is 12.2 Å². The Kier molecular flexibility index (Phi) is 5.20. The molecule has 10 heteroatoms. The number of hydrogen-bond acceptors (Lipinski definition) is 5. The van der Waals surface area contributed by atoms with Crippen molar-refractivity contribution in [2.75, 3.05) is 4.72 Å². The topological polar surface area (TPSA) is 109 Å². The molecule has 1 aliphatic carbocycles. The first-order valence-electron chi connectivity index (χ1n) is 9.06. The summed E-state index contributed by atoms with van der Waals surface area (Å²) in [7, 11) is -3.73. The van der Waals surface area contributed by atoms with E-state index in [1.165, 1.54) is 24.3 Å². The molecule has 0 unspecified atom stereocenters. The lowest BCUT2D eigenvalue weighted by atomic mass is 10.2. The summed E-state index contributed by atoms with van der Waals surface area (Å²) >= 11 is 5.23. The summed E-state index contributed by atoms with van der Waals surface area (Å²) in [5.74, 6) is 0.360. The lowest BCUT2D eigenvalue weighted by Crippen LogP contribution is -2.24. The number of carbonyl (C=O) groups is 1. The number of carbonyl (C=O) groups excluding carboxylic acids is 1. The molecule has 0 spiro atoms. The summed E-state index contributed by atoms with van der Waals surface area (Å²) in [5, 5.41) is 9.73. The molecule has 29 heavy (non-hydrogen) atoms. The zero-order valence-corrected chi connectivity index (χ0v) is 17.0. The minimum absolute atomic E-state index is 0.0764. The van der Waals surface area contributed by atoms with Crippen LogP contribution in [0, 0.1) is 4.77 Å². The first-order chi connectivity index (χ1) is 13.9. The van der Waals surface area contributed by atoms with E-state index in [0.717, 1.165) is 12.8 Å². The first kappa shape index (κ1) is 19.3. The molecule has 4 rings (SSSR count). The van der Waals surface area contributed by atoms with Crippen molar-refractivity contribution in [1.29, 1.82) is 0 Å². The number of nitrogens with zero attached hydrogens (tertiary/aromatic N) is 2. The summed E-state index contributed by atoms with van der Waals surface area (Å²) in [6.07, 6.45) is 2.11. The van der Waals surface area contributed by atoms with Crippen molar-refractivity contribution in [3.8, 4) is 0 Å². The van der Waals surface area contributed by atoms with E-state index >= 15 is 0 Å². The first-order valence-corrected chi connectivity index (χ1v) is 10.9. The predicted octanol–water partition coefficient (Wildman–Crippen LogP) is 3.01. The molecule has 1 fully saturated rings. The van der Waals surface area contributed by atoms with Crippen LogP contribution in [-0.4, -0.2) is 29.1 Å². The Morgan fingerprint density at radius 1 is 1.14 bits per heavy atom. The van der Waals surface area contributed by atoms with Crippen LogP contribution in [0.5, 0.6) is 0 Å². The average molecular weight is 430 g/mol. The zero-order chi connectivity index (χ0) is 20.4. The van der Waals surface area contributed by atoms with Crippen LogP contribution in [0.4, 0.5) is 5.69 Å². The van der Waals surface area contributed by atoms with Gasteiger partial charge in [-0.05, 0) is 61.5 Å². The van der Waals surface area contributed by atoms with Gasteiger partial charge in [-0.15, -0.1) is 0 Å². The second-order valence-electron chi connectivity index (χ2n) is 6.72. The van der Waals surface area contributed by atoms with Gasteiger partial charge in [0.05, 0.1) is 11.4 Å². The molecule has 1 aromatic heterocycles. The average Bonchev–Trinajstić information content (AvgIpc) is 3.49. The van der Waals surface area contributed by atoms with E-state index < -0.39 is 10.0 Å². The maximum Gasteiger partial charge on any atom is 0.261 e. The maximum absolute atomic E-state index is 12.5. The normalized spacial score (nSPS) is 13.8. The molecule has 1 amide bonds. The highest BCUT2D eigenvalue weighted by Gasteiger charge is 2.27. The number of rotatable bonds is 7. The summed E-state index contributed by atoms with van der Waals surface area (Å²) in [6, 6.07) is 14.7. The van der Waals surface area contributed by atoms with Crippen LogP contribution < -0.4 is 10.0 Å². The van der Waals surface area contributed by atoms with Gasteiger partial charge in [-0.2, -0.15) is 5.10 Å². The predicted molar refractivity (Wildman–Crippen MR) is 111 cm³/mol. The van der Waals surface area contributed by atoms with Gasteiger partial charge in [0.2, 0.25) is 0 Å². The largest absolute Gasteiger partial charge is 0.345 e. The molecular weight excluding hydrogens is 410 g/mol. The minimum atomic E-state index is -3.73. The Bertz CT molecular complexity index is 1180. The molecular formula is C19H19N5O3S2. The third-order valence-corrected chi connectivity index (χ3v) is 6.23. The molecule has 3 aromatic rings. The van der Waals surface area contributed by atoms with E-state index in [9.17, 15) is 13.2 Å². The van der Waals surface area contributed by atoms with Crippen LogP contribution >= 0.6 is 12.2 Å². The summed E-state index contributed by atoms with van der Waals surface area (Å²) in [4.78, 5) is 12.5. The van der Waals surface area contributed by atoms with Gasteiger partial charge in [-0.1, -0.05) is 18.2 Å². The molecule has 0 atom stereocenters. The molecule has 0 aliphatic heterocycles. The lowest BCUT2D eigenvalue weighted by Gasteiger charge is -2.09. The Labute approximate surface area is 173 Å². The van der Waals surface area contributed by atoms with E-state index in [2.05, 4.69) is 20.2 Å². The van der Waals surface area contributed by atoms with Crippen LogP contribution in [0.1, 0.15) is 35.1 Å². The zero-order valence-electron chi connectivity index (χ0n) is 15.3. The van der Waals surface area contributed by atoms with Gasteiger partial charge in [-0.25, -0.2) is 8.42 Å². The second kappa shape index (κ2) is 7.80. The molecule has 1 saturated carbocycles. The van der Waals surface area contributed by atoms with E-state index in [1.54, 1.807) is 30.3 Å². The third kappa shape index (κ3) is 4.38. The van der Waals surface area contributed by atoms with Gasteiger partial charge in [0.25, 0.3) is 15.9 Å². The molecule has 2 aromatic carbocycles. The maximum atomic E-state index is 12.5. The molecule has 0 saturated heterocycles. The van der Waals surface area contributed by atoms with Gasteiger partial charge in [0, 0.05) is 17.3 Å². The second-order valence-corrected chi connectivity index (χ2v) is 8.79. The Morgan fingerprint density at radius 2 is 1.83 bits per heavy atom. The number of anilines is 1. The van der Waals surface area contributed by atoms with Crippen LogP contribution in [0.2, 0.25) is 0 Å². The number of aromatic amines is 1. The van der Waals surface area contributed by atoms with Gasteiger partial charge in [-0.3, -0.25) is 19.2 Å². The molecule has 1 heterocycles. The van der Waals surface area contributed by atoms with Gasteiger partial charge < -0.3 is 5.32 Å². The van der Waals surface area contributed by atoms with Gasteiger partial charge >= 0.3 is 0 Å². The van der Waals surface area contributed by atoms with Crippen molar-refractivity contribution >= 4 is 33.8 Å². The standard InChI is InChI=1S/C19H19N5O3S2/c25-18(20-12-17-21-22-19(28)24(17)15-8-9-15)13-6-10-16(11-7-13)29(26,27)23-14-4-2-1-3-5-14/h1-7,10-11,15,23H,8-9,12H2,(H,20,25)(H,22,28). The Morgan fingerprint density at radius 3 is 2.48 bits per heavy atom. The smallest absolute Gasteiger partial charge is 0.261 e. The van der Waals surface area contributed by atoms with Gasteiger partial charge in [0.15, 0.2) is 10.6 Å². The van der Waals surface area contributed by atoms with E-state index in [-0.39, 0.29) is 17.3 Å². The molecule has 3 N–H and O–H groups in total. The lowest BCUT2D eigenvalue weighted by molar-refractivity contribution is 0.0949. The Balaban J connectivity index is 1.42. The number of para-hydroxylation sites is 1. The number of H-pyrrole nitrogens is 1. The third-order valence-electron chi connectivity index (χ3n) is 4.55. The fourth-order valence-electron chi connectivity index (χ4n) is 2.94. The van der Waals surface area contributed by atoms with E-state index in [1.807, 2.05) is 4.57 Å². The molecule has 8 nitrogen and oxygen atoms in total. The summed E-state index contributed by atoms with van der Waals surface area (Å²) in [5.41, 5.74) is 0.828. The van der Waals surface area contributed by atoms with Crippen molar-refractivity contribution in [3.63, 3.8) is 0 Å². The van der Waals surface area contributed by atoms with Crippen LogP contribution in [0.15, 0.2) is 59.5 Å². The molecule has 0 bridgehead atoms. The fourth-order valence-corrected chi connectivity index (χ4v) is 4.30. The summed E-state index contributed by atoms with van der Waals surface area (Å²) < 4.78 is 29.9. The molecule has 1 aliphatic rings. The number of benzene rings is 2. The van der Waals surface area contributed by atoms with Crippen molar-refractivity contribution in [2.24, 2.45) is 0 Å². The molecule has 0 radical (unpaired) electrons. The highest BCUT2D eigenvalue weighted by atomic mass is 32.2. The highest BCUT2D eigenvalue weighted by Crippen LogP contribution is 2.35. The van der Waals surface area contributed by atoms with Gasteiger partial charge in [0.1, 0.15) is 0 Å². The van der Waals surface area contributed by atoms with Crippen LogP contribution in [-0.2, 0) is 16.6 Å². The SMILES string of the molecule is O=C(NCc1n[nH]c(=S)n1C1CC1)c1ccc(S(=O)(=O)Nc2ccccc2)cc1. The fraction of sp³-hybridized carbons (Fsp3) is 0.211. The number of aromatic nitrogens is 3. The number of hydrogen-bond donors (Lipinski definition) is 3. The number of sulfonamides is 1. The van der Waals surface area contributed by atoms with Crippen molar-refractivity contribution in [2.45, 2.75) is 30.3 Å². The van der Waals surface area contributed by atoms with Crippen molar-refractivity contribution in [3.05, 3.63) is 70.8 Å². The van der Waals surface area contributed by atoms with Crippen molar-refractivity contribution in [1.82, 2.24) is 20.1 Å². The monoisotopic (exact) mass is 429 g/mol. The molecule has 150 valence electrons. The van der Waals surface area contributed by atoms with Crippen LogP contribution in [0.3, 0.4) is 0 Å². The minimum Gasteiger partial charge on any atom is -0.345 e. The van der Waals surface area contributed by atoms with E-state index in [0.29, 0.717) is 27.9 Å².